The van der Waals surface area contributed by atoms with Crippen molar-refractivity contribution in [2.24, 2.45) is 0 Å². The van der Waals surface area contributed by atoms with Crippen molar-refractivity contribution in [2.75, 3.05) is 0 Å². The number of hydrogen-bond donors (Lipinski definition) is 0. The van der Waals surface area contributed by atoms with Gasteiger partial charge in [-0.25, -0.2) is 0 Å². The van der Waals surface area contributed by atoms with E-state index in [-0.39, 0.29) is 4.75 Å². The first-order valence-electron chi connectivity index (χ1n) is 4.37. The van der Waals surface area contributed by atoms with Gasteiger partial charge in [0.1, 0.15) is 0 Å². The highest BCUT2D eigenvalue weighted by molar-refractivity contribution is 8.00. The van der Waals surface area contributed by atoms with Gasteiger partial charge in [-0.2, -0.15) is 0 Å². The average Bonchev–Trinajstić information content (AvgIpc) is 2.06. The number of thioether (sulfide) groups is 1. The number of carbonyl (C=O) groups excluding carboxylic acids is 1. The van der Waals surface area contributed by atoms with E-state index in [4.69, 9.17) is 11.6 Å². The van der Waals surface area contributed by atoms with Crippen molar-refractivity contribution in [3.8, 4) is 0 Å². The second-order valence-corrected chi connectivity index (χ2v) is 6.23. The van der Waals surface area contributed by atoms with Crippen molar-refractivity contribution in [1.29, 1.82) is 0 Å². The molecule has 0 spiro atoms. The van der Waals surface area contributed by atoms with Gasteiger partial charge in [-0.15, -0.1) is 11.8 Å². The van der Waals surface area contributed by atoms with Gasteiger partial charge in [-0.05, 0) is 6.07 Å². The van der Waals surface area contributed by atoms with Gasteiger partial charge >= 0.3 is 0 Å². The highest BCUT2D eigenvalue weighted by Crippen LogP contribution is 2.38. The van der Waals surface area contributed by atoms with Crippen molar-refractivity contribution >= 4 is 29.6 Å². The summed E-state index contributed by atoms with van der Waals surface area (Å²) in [6.45, 7) is 6.28. The lowest BCUT2D eigenvalue weighted by Gasteiger charge is -2.19. The van der Waals surface area contributed by atoms with Gasteiger partial charge in [0.2, 0.25) is 0 Å². The van der Waals surface area contributed by atoms with E-state index in [1.807, 2.05) is 6.07 Å². The molecule has 0 heterocycles. The average molecular weight is 229 g/mol. The summed E-state index contributed by atoms with van der Waals surface area (Å²) in [6, 6.07) is 5.38. The molecule has 0 radical (unpaired) electrons. The Morgan fingerprint density at radius 1 is 1.36 bits per heavy atom. The molecule has 0 saturated heterocycles. The van der Waals surface area contributed by atoms with Gasteiger partial charge in [0.25, 0.3) is 0 Å². The molecule has 3 heteroatoms. The fraction of sp³-hybridized carbons (Fsp3) is 0.364. The molecule has 0 bridgehead atoms. The van der Waals surface area contributed by atoms with Gasteiger partial charge in [0.15, 0.2) is 6.29 Å². The van der Waals surface area contributed by atoms with E-state index in [2.05, 4.69) is 20.8 Å². The van der Waals surface area contributed by atoms with Crippen LogP contribution in [0.2, 0.25) is 5.02 Å². The molecule has 0 N–H and O–H groups in total. The van der Waals surface area contributed by atoms with Crippen LogP contribution in [-0.4, -0.2) is 11.0 Å². The Labute approximate surface area is 93.8 Å². The Hall–Kier alpha value is -0.470. The quantitative estimate of drug-likeness (QED) is 0.561. The maximum atomic E-state index is 10.8. The third-order valence-corrected chi connectivity index (χ3v) is 3.23. The highest BCUT2D eigenvalue weighted by Gasteiger charge is 2.16. The summed E-state index contributed by atoms with van der Waals surface area (Å²) >= 11 is 7.65. The molecule has 1 nitrogen and oxygen atoms in total. The topological polar surface area (TPSA) is 17.1 Å². The summed E-state index contributed by atoms with van der Waals surface area (Å²) in [5.41, 5.74) is 0.664. The molecule has 1 aromatic carbocycles. The number of carbonyl (C=O) groups is 1. The zero-order valence-corrected chi connectivity index (χ0v) is 10.1. The van der Waals surface area contributed by atoms with E-state index in [1.54, 1.807) is 23.9 Å². The van der Waals surface area contributed by atoms with E-state index in [1.165, 1.54) is 0 Å². The van der Waals surface area contributed by atoms with Crippen LogP contribution in [0.1, 0.15) is 31.1 Å². The summed E-state index contributed by atoms with van der Waals surface area (Å²) in [4.78, 5) is 11.7. The van der Waals surface area contributed by atoms with Crippen LogP contribution in [0.5, 0.6) is 0 Å². The molecule has 0 aliphatic carbocycles. The number of halogens is 1. The lowest BCUT2D eigenvalue weighted by atomic mass is 10.2. The lowest BCUT2D eigenvalue weighted by molar-refractivity contribution is 0.112. The number of rotatable bonds is 2. The maximum absolute atomic E-state index is 10.8. The third-order valence-electron chi connectivity index (χ3n) is 1.53. The molecule has 0 aliphatic rings. The van der Waals surface area contributed by atoms with Gasteiger partial charge in [-0.1, -0.05) is 44.5 Å². The van der Waals surface area contributed by atoms with E-state index in [9.17, 15) is 4.79 Å². The van der Waals surface area contributed by atoms with E-state index in [0.717, 1.165) is 11.2 Å². The Morgan fingerprint density at radius 3 is 2.50 bits per heavy atom. The van der Waals surface area contributed by atoms with Crippen molar-refractivity contribution in [1.82, 2.24) is 0 Å². The molecule has 14 heavy (non-hydrogen) atoms. The Balaban J connectivity index is 3.11. The van der Waals surface area contributed by atoms with Gasteiger partial charge < -0.3 is 0 Å². The fourth-order valence-corrected chi connectivity index (χ4v) is 2.34. The highest BCUT2D eigenvalue weighted by atomic mass is 35.5. The molecule has 0 amide bonds. The molecular formula is C11H13ClOS. The molecule has 1 aromatic rings. The van der Waals surface area contributed by atoms with Crippen LogP contribution in [0.4, 0.5) is 0 Å². The van der Waals surface area contributed by atoms with Crippen LogP contribution < -0.4 is 0 Å². The second-order valence-electron chi connectivity index (χ2n) is 3.99. The van der Waals surface area contributed by atoms with Gasteiger partial charge in [-0.3, -0.25) is 4.79 Å². The first-order chi connectivity index (χ1) is 6.44. The van der Waals surface area contributed by atoms with Gasteiger partial charge in [0.05, 0.1) is 5.02 Å². The van der Waals surface area contributed by atoms with Crippen molar-refractivity contribution in [3.05, 3.63) is 28.8 Å². The first kappa shape index (κ1) is 11.6. The molecule has 0 aromatic heterocycles. The summed E-state index contributed by atoms with van der Waals surface area (Å²) in [7, 11) is 0. The number of aldehydes is 1. The van der Waals surface area contributed by atoms with Crippen molar-refractivity contribution in [2.45, 2.75) is 30.4 Å². The zero-order valence-electron chi connectivity index (χ0n) is 8.50. The van der Waals surface area contributed by atoms with Gasteiger partial charge in [0, 0.05) is 15.2 Å². The molecule has 0 atom stereocenters. The van der Waals surface area contributed by atoms with Crippen molar-refractivity contribution in [3.63, 3.8) is 0 Å². The Bertz CT molecular complexity index is 342. The standard InChI is InChI=1S/C11H13ClOS/c1-11(2,3)14-10-8(7-13)5-4-6-9(10)12/h4-7H,1-3H3. The van der Waals surface area contributed by atoms with E-state index < -0.39 is 0 Å². The molecule has 0 fully saturated rings. The molecule has 1 rings (SSSR count). The maximum Gasteiger partial charge on any atom is 0.151 e. The normalized spacial score (nSPS) is 11.4. The summed E-state index contributed by atoms with van der Waals surface area (Å²) < 4.78 is 0.0583. The SMILES string of the molecule is CC(C)(C)Sc1c(Cl)cccc1C=O. The molecule has 0 unspecified atom stereocenters. The summed E-state index contributed by atoms with van der Waals surface area (Å²) in [5.74, 6) is 0. The minimum Gasteiger partial charge on any atom is -0.298 e. The lowest BCUT2D eigenvalue weighted by Crippen LogP contribution is -2.07. The first-order valence-corrected chi connectivity index (χ1v) is 5.56. The number of hydrogen-bond acceptors (Lipinski definition) is 2. The summed E-state index contributed by atoms with van der Waals surface area (Å²) in [5, 5.41) is 0.648. The predicted molar refractivity (Wildman–Crippen MR) is 62.4 cm³/mol. The minimum atomic E-state index is 0.0583. The van der Waals surface area contributed by atoms with Crippen LogP contribution in [0, 0.1) is 0 Å². The van der Waals surface area contributed by atoms with Crippen LogP contribution in [-0.2, 0) is 0 Å². The predicted octanol–water partition coefficient (Wildman–Crippen LogP) is 4.04. The second kappa shape index (κ2) is 4.37. The monoisotopic (exact) mass is 228 g/mol. The molecule has 76 valence electrons. The Kier molecular flexibility index (Phi) is 3.62. The van der Waals surface area contributed by atoms with Crippen LogP contribution in [0.25, 0.3) is 0 Å². The molecule has 0 aliphatic heterocycles. The smallest absolute Gasteiger partial charge is 0.151 e. The Morgan fingerprint density at radius 2 is 2.00 bits per heavy atom. The van der Waals surface area contributed by atoms with E-state index in [0.29, 0.717) is 10.6 Å². The molecular weight excluding hydrogens is 216 g/mol. The molecule has 0 saturated carbocycles. The van der Waals surface area contributed by atoms with Crippen LogP contribution in [0.3, 0.4) is 0 Å². The van der Waals surface area contributed by atoms with E-state index >= 15 is 0 Å². The van der Waals surface area contributed by atoms with Crippen LogP contribution in [0.15, 0.2) is 23.1 Å². The zero-order chi connectivity index (χ0) is 10.8. The number of benzene rings is 1. The third kappa shape index (κ3) is 3.03. The largest absolute Gasteiger partial charge is 0.298 e. The fourth-order valence-electron chi connectivity index (χ4n) is 1.03. The summed E-state index contributed by atoms with van der Waals surface area (Å²) in [6.07, 6.45) is 0.847. The minimum absolute atomic E-state index is 0.0583. The van der Waals surface area contributed by atoms with Crippen molar-refractivity contribution < 1.29 is 4.79 Å². The van der Waals surface area contributed by atoms with Crippen LogP contribution >= 0.6 is 23.4 Å².